The second-order valence-electron chi connectivity index (χ2n) is 5.72. The second kappa shape index (κ2) is 6.60. The van der Waals surface area contributed by atoms with E-state index in [0.717, 1.165) is 11.8 Å². The third kappa shape index (κ3) is 3.26. The highest BCUT2D eigenvalue weighted by molar-refractivity contribution is 6.30. The zero-order chi connectivity index (χ0) is 17.3. The van der Waals surface area contributed by atoms with Gasteiger partial charge in [0.25, 0.3) is 5.91 Å². The van der Waals surface area contributed by atoms with Crippen molar-refractivity contribution >= 4 is 23.4 Å². The highest BCUT2D eigenvalue weighted by Crippen LogP contribution is 2.24. The quantitative estimate of drug-likeness (QED) is 0.888. The molecule has 0 spiro atoms. The van der Waals surface area contributed by atoms with E-state index in [2.05, 4.69) is 15.6 Å². The van der Waals surface area contributed by atoms with Crippen LogP contribution in [0.3, 0.4) is 0 Å². The van der Waals surface area contributed by atoms with Crippen molar-refractivity contribution in [2.75, 3.05) is 0 Å². The number of aryl methyl sites for hydroxylation is 1. The fourth-order valence-corrected chi connectivity index (χ4v) is 2.91. The highest BCUT2D eigenvalue weighted by atomic mass is 35.5. The van der Waals surface area contributed by atoms with Crippen LogP contribution in [0.4, 0.5) is 4.39 Å². The second-order valence-corrected chi connectivity index (χ2v) is 6.13. The van der Waals surface area contributed by atoms with Crippen molar-refractivity contribution in [2.24, 2.45) is 7.05 Å². The molecule has 1 aromatic heterocycles. The van der Waals surface area contributed by atoms with E-state index in [-0.39, 0.29) is 28.6 Å². The number of rotatable bonds is 3. The van der Waals surface area contributed by atoms with Gasteiger partial charge in [-0.3, -0.25) is 9.59 Å². The third-order valence-electron chi connectivity index (χ3n) is 4.07. The minimum absolute atomic E-state index is 0.0377. The molecule has 1 fully saturated rings. The van der Waals surface area contributed by atoms with Crippen LogP contribution in [-0.2, 0) is 11.8 Å². The lowest BCUT2D eigenvalue weighted by Gasteiger charge is -2.33. The number of halogens is 2. The van der Waals surface area contributed by atoms with Crippen LogP contribution < -0.4 is 10.6 Å². The Balaban J connectivity index is 1.81. The minimum atomic E-state index is -0.649. The number of carbonyl (C=O) groups excluding carboxylic acids is 2. The van der Waals surface area contributed by atoms with E-state index in [4.69, 9.17) is 11.6 Å². The zero-order valence-corrected chi connectivity index (χ0v) is 13.7. The maximum Gasteiger partial charge on any atom is 0.251 e. The van der Waals surface area contributed by atoms with Crippen molar-refractivity contribution in [1.82, 2.24) is 20.2 Å². The zero-order valence-electron chi connectivity index (χ0n) is 12.9. The lowest BCUT2D eigenvalue weighted by atomic mass is 9.95. The maximum absolute atomic E-state index is 13.5. The van der Waals surface area contributed by atoms with Gasteiger partial charge in [-0.2, -0.15) is 0 Å². The first-order chi connectivity index (χ1) is 11.5. The summed E-state index contributed by atoms with van der Waals surface area (Å²) in [6, 6.07) is 3.19. The number of piperidine rings is 1. The first-order valence-electron chi connectivity index (χ1n) is 7.47. The Morgan fingerprint density at radius 1 is 1.50 bits per heavy atom. The van der Waals surface area contributed by atoms with Gasteiger partial charge in [-0.1, -0.05) is 11.6 Å². The van der Waals surface area contributed by atoms with Gasteiger partial charge in [0.15, 0.2) is 0 Å². The molecule has 0 saturated carbocycles. The Kier molecular flexibility index (Phi) is 4.53. The maximum atomic E-state index is 13.5. The van der Waals surface area contributed by atoms with E-state index in [9.17, 15) is 14.0 Å². The molecule has 0 radical (unpaired) electrons. The van der Waals surface area contributed by atoms with Crippen LogP contribution in [0.1, 0.15) is 34.9 Å². The van der Waals surface area contributed by atoms with Gasteiger partial charge < -0.3 is 15.2 Å². The summed E-state index contributed by atoms with van der Waals surface area (Å²) in [5, 5.41) is 5.70. The van der Waals surface area contributed by atoms with Gasteiger partial charge in [0.1, 0.15) is 5.82 Å². The van der Waals surface area contributed by atoms with Crippen molar-refractivity contribution in [3.63, 3.8) is 0 Å². The van der Waals surface area contributed by atoms with Gasteiger partial charge >= 0.3 is 0 Å². The average molecular weight is 351 g/mol. The molecule has 2 aromatic rings. The van der Waals surface area contributed by atoms with Crippen LogP contribution in [0.5, 0.6) is 0 Å². The van der Waals surface area contributed by atoms with Crippen LogP contribution in [0.15, 0.2) is 30.7 Å². The molecule has 1 saturated heterocycles. The predicted molar refractivity (Wildman–Crippen MR) is 86.0 cm³/mol. The van der Waals surface area contributed by atoms with Gasteiger partial charge in [-0.05, 0) is 24.6 Å². The lowest BCUT2D eigenvalue weighted by molar-refractivity contribution is -0.123. The molecule has 0 bridgehead atoms. The van der Waals surface area contributed by atoms with Crippen LogP contribution in [0, 0.1) is 5.82 Å². The predicted octanol–water partition coefficient (Wildman–Crippen LogP) is 1.96. The number of hydrogen-bond acceptors (Lipinski definition) is 3. The number of carbonyl (C=O) groups is 2. The Bertz CT molecular complexity index is 792. The summed E-state index contributed by atoms with van der Waals surface area (Å²) in [5.74, 6) is -1.15. The Labute approximate surface area is 143 Å². The molecule has 6 nitrogen and oxygen atoms in total. The smallest absolute Gasteiger partial charge is 0.251 e. The topological polar surface area (TPSA) is 76.0 Å². The summed E-state index contributed by atoms with van der Waals surface area (Å²) in [6.45, 7) is 0. The molecular formula is C16H16ClFN4O2. The fraction of sp³-hybridized carbons (Fsp3) is 0.312. The first kappa shape index (κ1) is 16.4. The molecule has 1 aliphatic rings. The van der Waals surface area contributed by atoms with Gasteiger partial charge in [-0.25, -0.2) is 9.37 Å². The number of nitrogens with zero attached hydrogens (tertiary/aromatic N) is 2. The number of benzene rings is 1. The Morgan fingerprint density at radius 3 is 2.96 bits per heavy atom. The number of nitrogens with one attached hydrogen (secondary N) is 2. The SMILES string of the molecule is Cn1cncc1[C@@H]1NC(=O)CC[C@H]1NC(=O)c1ccc(Cl)c(F)c1. The largest absolute Gasteiger partial charge is 0.347 e. The summed E-state index contributed by atoms with van der Waals surface area (Å²) in [5.41, 5.74) is 0.966. The van der Waals surface area contributed by atoms with Crippen molar-refractivity contribution in [3.05, 3.63) is 52.8 Å². The van der Waals surface area contributed by atoms with E-state index in [1.165, 1.54) is 12.1 Å². The minimum Gasteiger partial charge on any atom is -0.347 e. The molecule has 24 heavy (non-hydrogen) atoms. The van der Waals surface area contributed by atoms with Crippen LogP contribution >= 0.6 is 11.6 Å². The summed E-state index contributed by atoms with van der Waals surface area (Å²) in [6.07, 6.45) is 4.08. The van der Waals surface area contributed by atoms with E-state index >= 15 is 0 Å². The molecule has 0 aliphatic carbocycles. The molecule has 2 amide bonds. The van der Waals surface area contributed by atoms with Crippen LogP contribution in [-0.4, -0.2) is 27.4 Å². The highest BCUT2D eigenvalue weighted by Gasteiger charge is 2.32. The number of aromatic nitrogens is 2. The molecule has 126 valence electrons. The summed E-state index contributed by atoms with van der Waals surface area (Å²) < 4.78 is 15.3. The Hall–Kier alpha value is -2.41. The third-order valence-corrected chi connectivity index (χ3v) is 4.38. The molecule has 2 N–H and O–H groups in total. The van der Waals surface area contributed by atoms with E-state index in [1.54, 1.807) is 17.1 Å². The molecule has 2 heterocycles. The van der Waals surface area contributed by atoms with E-state index < -0.39 is 11.7 Å². The molecule has 8 heteroatoms. The average Bonchev–Trinajstić information content (AvgIpc) is 2.97. The van der Waals surface area contributed by atoms with Gasteiger partial charge in [0, 0.05) is 19.0 Å². The van der Waals surface area contributed by atoms with Crippen molar-refractivity contribution in [2.45, 2.75) is 24.9 Å². The molecule has 1 aromatic carbocycles. The molecule has 0 unspecified atom stereocenters. The molecule has 1 aliphatic heterocycles. The monoisotopic (exact) mass is 350 g/mol. The van der Waals surface area contributed by atoms with E-state index in [1.807, 2.05) is 7.05 Å². The Morgan fingerprint density at radius 2 is 2.29 bits per heavy atom. The number of imidazole rings is 1. The molecular weight excluding hydrogens is 335 g/mol. The van der Waals surface area contributed by atoms with Gasteiger partial charge in [-0.15, -0.1) is 0 Å². The van der Waals surface area contributed by atoms with Gasteiger partial charge in [0.05, 0.1) is 35.3 Å². The number of amides is 2. The lowest BCUT2D eigenvalue weighted by Crippen LogP contribution is -2.50. The molecule has 2 atom stereocenters. The van der Waals surface area contributed by atoms with E-state index in [0.29, 0.717) is 12.8 Å². The summed E-state index contributed by atoms with van der Waals surface area (Å²) >= 11 is 5.64. The summed E-state index contributed by atoms with van der Waals surface area (Å²) in [4.78, 5) is 28.2. The standard InChI is InChI=1S/C16H16ClFN4O2/c1-22-8-19-7-13(22)15-12(4-5-14(23)21-15)20-16(24)9-2-3-10(17)11(18)6-9/h2-3,6-8,12,15H,4-5H2,1H3,(H,20,24)(H,21,23)/t12-,15-/m1/s1. The van der Waals surface area contributed by atoms with Gasteiger partial charge in [0.2, 0.25) is 5.91 Å². The van der Waals surface area contributed by atoms with Crippen molar-refractivity contribution in [1.29, 1.82) is 0 Å². The van der Waals surface area contributed by atoms with Crippen molar-refractivity contribution in [3.8, 4) is 0 Å². The normalized spacial score (nSPS) is 20.5. The summed E-state index contributed by atoms with van der Waals surface area (Å²) in [7, 11) is 1.82. The van der Waals surface area contributed by atoms with Crippen molar-refractivity contribution < 1.29 is 14.0 Å². The molecule has 3 rings (SSSR count). The first-order valence-corrected chi connectivity index (χ1v) is 7.85. The number of hydrogen-bond donors (Lipinski definition) is 2. The fourth-order valence-electron chi connectivity index (χ4n) is 2.79. The van der Waals surface area contributed by atoms with Crippen LogP contribution in [0.25, 0.3) is 0 Å². The van der Waals surface area contributed by atoms with Crippen LogP contribution in [0.2, 0.25) is 5.02 Å².